The maximum Gasteiger partial charge on any atom is 0.296 e. The minimum Gasteiger partial charge on any atom is -0.465 e. The number of amides is 1. The zero-order valence-corrected chi connectivity index (χ0v) is 19.9. The molecular weight excluding hydrogens is 432 g/mol. The first kappa shape index (κ1) is 22.6. The Bertz CT molecular complexity index is 1300. The lowest BCUT2D eigenvalue weighted by atomic mass is 9.97. The molecule has 0 bridgehead atoms. The van der Waals surface area contributed by atoms with Crippen LogP contribution in [-0.4, -0.2) is 23.4 Å². The van der Waals surface area contributed by atoms with Gasteiger partial charge < -0.3 is 9.64 Å². The number of hydrogen-bond acceptors (Lipinski definition) is 2. The van der Waals surface area contributed by atoms with Crippen molar-refractivity contribution in [3.63, 3.8) is 0 Å². The lowest BCUT2D eigenvalue weighted by Gasteiger charge is -2.24. The molecule has 4 heteroatoms. The number of hydrogen-bond donors (Lipinski definition) is 0. The number of carbonyl (C=O) groups excluding carboxylic acids is 1. The molecule has 0 saturated heterocycles. The molecule has 0 unspecified atom stereocenters. The molecule has 0 spiro atoms. The molecule has 4 nitrogen and oxygen atoms in total. The predicted molar refractivity (Wildman–Crippen MR) is 140 cm³/mol. The van der Waals surface area contributed by atoms with Gasteiger partial charge in [0.2, 0.25) is 0 Å². The average molecular weight is 461 g/mol. The Kier molecular flexibility index (Phi) is 6.71. The summed E-state index contributed by atoms with van der Waals surface area (Å²) in [5, 5.41) is 0. The van der Waals surface area contributed by atoms with Gasteiger partial charge in [-0.3, -0.25) is 4.79 Å². The van der Waals surface area contributed by atoms with Gasteiger partial charge in [-0.05, 0) is 58.9 Å². The Morgan fingerprint density at radius 3 is 1.89 bits per heavy atom. The summed E-state index contributed by atoms with van der Waals surface area (Å²) in [5.41, 5.74) is 7.73. The highest BCUT2D eigenvalue weighted by molar-refractivity contribution is 6.01. The molecule has 1 heterocycles. The number of aliphatic imine (C=N–C) groups is 1. The second kappa shape index (κ2) is 10.4. The van der Waals surface area contributed by atoms with E-state index in [0.29, 0.717) is 31.3 Å². The molecule has 35 heavy (non-hydrogen) atoms. The van der Waals surface area contributed by atoms with Gasteiger partial charge in [0.05, 0.1) is 6.61 Å². The van der Waals surface area contributed by atoms with Crippen LogP contribution < -0.4 is 0 Å². The summed E-state index contributed by atoms with van der Waals surface area (Å²) in [6, 6.07) is 35.1. The van der Waals surface area contributed by atoms with Crippen molar-refractivity contribution in [2.24, 2.45) is 4.99 Å². The summed E-state index contributed by atoms with van der Waals surface area (Å²) in [7, 11) is 0. The number of fused-ring (bicyclic) bond motifs is 3. The first-order chi connectivity index (χ1) is 17.2. The smallest absolute Gasteiger partial charge is 0.296 e. The molecule has 0 aliphatic carbocycles. The molecule has 174 valence electrons. The molecule has 5 rings (SSSR count). The van der Waals surface area contributed by atoms with Crippen LogP contribution in [0.5, 0.6) is 0 Å². The standard InChI is InChI=1S/C31H28N2O2/c1-2-35-31(32-30(34)25-18-16-24(17-19-25)20-23-10-4-3-5-11-23)33-21-26-12-6-8-14-28(26)29-15-9-7-13-27(29)22-33/h3-19H,2,20-22H2,1H3/b32-31-. The van der Waals surface area contributed by atoms with E-state index in [4.69, 9.17) is 4.74 Å². The van der Waals surface area contributed by atoms with E-state index in [1.54, 1.807) is 0 Å². The van der Waals surface area contributed by atoms with Crippen LogP contribution in [0.4, 0.5) is 0 Å². The fourth-order valence-corrected chi connectivity index (χ4v) is 4.52. The molecule has 0 radical (unpaired) electrons. The highest BCUT2D eigenvalue weighted by Gasteiger charge is 2.23. The lowest BCUT2D eigenvalue weighted by Crippen LogP contribution is -2.32. The molecular formula is C31H28N2O2. The van der Waals surface area contributed by atoms with E-state index in [0.717, 1.165) is 12.0 Å². The molecule has 0 N–H and O–H groups in total. The van der Waals surface area contributed by atoms with E-state index >= 15 is 0 Å². The molecule has 4 aromatic carbocycles. The van der Waals surface area contributed by atoms with Gasteiger partial charge in [0, 0.05) is 18.7 Å². The van der Waals surface area contributed by atoms with E-state index in [1.807, 2.05) is 61.5 Å². The maximum atomic E-state index is 13.1. The van der Waals surface area contributed by atoms with Crippen LogP contribution in [0, 0.1) is 0 Å². The van der Waals surface area contributed by atoms with Gasteiger partial charge in [-0.25, -0.2) is 0 Å². The van der Waals surface area contributed by atoms with Crippen molar-refractivity contribution < 1.29 is 9.53 Å². The Labute approximate surface area is 206 Å². The third kappa shape index (κ3) is 5.17. The Morgan fingerprint density at radius 2 is 1.29 bits per heavy atom. The third-order valence-electron chi connectivity index (χ3n) is 6.24. The van der Waals surface area contributed by atoms with Crippen molar-refractivity contribution in [2.75, 3.05) is 6.61 Å². The summed E-state index contributed by atoms with van der Waals surface area (Å²) < 4.78 is 5.92. The zero-order chi connectivity index (χ0) is 24.0. The van der Waals surface area contributed by atoms with Gasteiger partial charge in [0.25, 0.3) is 11.9 Å². The van der Waals surface area contributed by atoms with Crippen molar-refractivity contribution in [3.05, 3.63) is 131 Å². The number of carbonyl (C=O) groups is 1. The topological polar surface area (TPSA) is 41.9 Å². The molecule has 0 atom stereocenters. The van der Waals surface area contributed by atoms with Crippen molar-refractivity contribution in [2.45, 2.75) is 26.4 Å². The molecule has 0 saturated carbocycles. The summed E-state index contributed by atoms with van der Waals surface area (Å²) >= 11 is 0. The highest BCUT2D eigenvalue weighted by Crippen LogP contribution is 2.32. The molecule has 0 fully saturated rings. The van der Waals surface area contributed by atoms with Gasteiger partial charge in [-0.15, -0.1) is 0 Å². The lowest BCUT2D eigenvalue weighted by molar-refractivity contribution is 0.0993. The largest absolute Gasteiger partial charge is 0.465 e. The minimum atomic E-state index is -0.300. The van der Waals surface area contributed by atoms with Crippen LogP contribution in [0.15, 0.2) is 108 Å². The molecule has 0 aromatic heterocycles. The fourth-order valence-electron chi connectivity index (χ4n) is 4.52. The second-order valence-corrected chi connectivity index (χ2v) is 8.66. The molecule has 4 aromatic rings. The average Bonchev–Trinajstić information content (AvgIpc) is 3.06. The number of rotatable bonds is 4. The van der Waals surface area contributed by atoms with Gasteiger partial charge in [0.15, 0.2) is 0 Å². The molecule has 1 aliphatic heterocycles. The summed E-state index contributed by atoms with van der Waals surface area (Å²) in [4.78, 5) is 19.6. The first-order valence-corrected chi connectivity index (χ1v) is 12.0. The second-order valence-electron chi connectivity index (χ2n) is 8.66. The fraction of sp³-hybridized carbons (Fsp3) is 0.161. The van der Waals surface area contributed by atoms with E-state index in [2.05, 4.69) is 58.4 Å². The Hall–Kier alpha value is -4.18. The van der Waals surface area contributed by atoms with E-state index in [1.165, 1.54) is 27.8 Å². The minimum absolute atomic E-state index is 0.300. The van der Waals surface area contributed by atoms with Crippen LogP contribution in [0.1, 0.15) is 39.5 Å². The number of amidine groups is 1. The maximum absolute atomic E-state index is 13.1. The van der Waals surface area contributed by atoms with Crippen molar-refractivity contribution in [1.29, 1.82) is 0 Å². The number of nitrogens with zero attached hydrogens (tertiary/aromatic N) is 2. The number of benzene rings is 4. The van der Waals surface area contributed by atoms with Crippen molar-refractivity contribution in [1.82, 2.24) is 4.90 Å². The van der Waals surface area contributed by atoms with Crippen LogP contribution in [0.2, 0.25) is 0 Å². The van der Waals surface area contributed by atoms with E-state index in [9.17, 15) is 4.79 Å². The zero-order valence-electron chi connectivity index (χ0n) is 19.9. The van der Waals surface area contributed by atoms with E-state index < -0.39 is 0 Å². The third-order valence-corrected chi connectivity index (χ3v) is 6.24. The Morgan fingerprint density at radius 1 is 0.743 bits per heavy atom. The molecule has 1 amide bonds. The normalized spacial score (nSPS) is 12.9. The quantitative estimate of drug-likeness (QED) is 0.258. The number of ether oxygens (including phenoxy) is 1. The van der Waals surface area contributed by atoms with Gasteiger partial charge in [-0.2, -0.15) is 4.99 Å². The van der Waals surface area contributed by atoms with Crippen LogP contribution >= 0.6 is 0 Å². The van der Waals surface area contributed by atoms with Crippen LogP contribution in [0.25, 0.3) is 11.1 Å². The van der Waals surface area contributed by atoms with Crippen molar-refractivity contribution >= 4 is 11.9 Å². The monoisotopic (exact) mass is 460 g/mol. The Balaban J connectivity index is 1.41. The summed E-state index contributed by atoms with van der Waals surface area (Å²) in [5.74, 6) is -0.300. The summed E-state index contributed by atoms with van der Waals surface area (Å²) in [6.07, 6.45) is 0.829. The first-order valence-electron chi connectivity index (χ1n) is 12.0. The summed E-state index contributed by atoms with van der Waals surface area (Å²) in [6.45, 7) is 3.58. The van der Waals surface area contributed by atoms with Gasteiger partial charge in [0.1, 0.15) is 0 Å². The van der Waals surface area contributed by atoms with Crippen molar-refractivity contribution in [3.8, 4) is 11.1 Å². The van der Waals surface area contributed by atoms with Gasteiger partial charge in [-0.1, -0.05) is 91.0 Å². The SMILES string of the molecule is CCO/C(=N\C(=O)c1ccc(Cc2ccccc2)cc1)N1Cc2ccccc2-c2ccccc2C1. The highest BCUT2D eigenvalue weighted by atomic mass is 16.5. The van der Waals surface area contributed by atoms with Crippen LogP contribution in [-0.2, 0) is 24.2 Å². The van der Waals surface area contributed by atoms with E-state index in [-0.39, 0.29) is 5.91 Å². The van der Waals surface area contributed by atoms with Gasteiger partial charge >= 0.3 is 0 Å². The molecule has 1 aliphatic rings. The van der Waals surface area contributed by atoms with Crippen LogP contribution in [0.3, 0.4) is 0 Å². The predicted octanol–water partition coefficient (Wildman–Crippen LogP) is 6.49.